The van der Waals surface area contributed by atoms with E-state index < -0.39 is 0 Å². The molecule has 7 heavy (non-hydrogen) atoms. The van der Waals surface area contributed by atoms with Gasteiger partial charge < -0.3 is 34.2 Å². The summed E-state index contributed by atoms with van der Waals surface area (Å²) in [5.41, 5.74) is 0. The Morgan fingerprint density at radius 1 is 1.57 bits per heavy atom. The smallest absolute Gasteiger partial charge is 0.130 e. The van der Waals surface area contributed by atoms with Crippen molar-refractivity contribution in [3.63, 3.8) is 0 Å². The fraction of sp³-hybridized carbons (Fsp3) is 1.00. The lowest BCUT2D eigenvalue weighted by atomic mass is 10.7. The van der Waals surface area contributed by atoms with Gasteiger partial charge in [-0.1, -0.05) is 0 Å². The summed E-state index contributed by atoms with van der Waals surface area (Å²) in [6.07, 6.45) is 0. The molecular weight excluding hydrogens is 207 g/mol. The van der Waals surface area contributed by atoms with Gasteiger partial charge >= 0.3 is 0 Å². The molecule has 0 radical (unpaired) electrons. The van der Waals surface area contributed by atoms with E-state index in [0.717, 1.165) is 13.1 Å². The highest BCUT2D eigenvalue weighted by Crippen LogP contribution is 1.54. The maximum atomic E-state index is 10.2. The normalized spacial score (nSPS) is 29.6. The third-order valence-electron chi connectivity index (χ3n) is 0.903. The van der Waals surface area contributed by atoms with E-state index in [1.807, 2.05) is 0 Å². The third-order valence-corrected chi connectivity index (χ3v) is 0.903. The van der Waals surface area contributed by atoms with Crippen molar-refractivity contribution in [1.82, 2.24) is 5.32 Å². The molecule has 3 nitrogen and oxygen atoms in total. The topological polar surface area (TPSA) is 39.5 Å². The highest BCUT2D eigenvalue weighted by atomic mass is 127. The first kappa shape index (κ1) is 7.61. The van der Waals surface area contributed by atoms with Gasteiger partial charge in [0.2, 0.25) is 0 Å². The highest BCUT2D eigenvalue weighted by molar-refractivity contribution is 4.42. The second-order valence-corrected chi connectivity index (χ2v) is 1.47. The van der Waals surface area contributed by atoms with Gasteiger partial charge in [0, 0.05) is 6.54 Å². The minimum absolute atomic E-state index is 0. The molecule has 44 valence electrons. The Hall–Kier alpha value is 0.610. The van der Waals surface area contributed by atoms with Gasteiger partial charge in [-0.25, -0.2) is 0 Å². The van der Waals surface area contributed by atoms with Crippen LogP contribution in [0.25, 0.3) is 0 Å². The van der Waals surface area contributed by atoms with Crippen LogP contribution in [0.3, 0.4) is 0 Å². The number of hydroxylamine groups is 2. The van der Waals surface area contributed by atoms with E-state index in [2.05, 4.69) is 5.32 Å². The number of rotatable bonds is 0. The van der Waals surface area contributed by atoms with Crippen LogP contribution in [0.15, 0.2) is 0 Å². The van der Waals surface area contributed by atoms with E-state index in [1.165, 1.54) is 0 Å². The molecule has 0 aromatic rings. The molecule has 1 fully saturated rings. The van der Waals surface area contributed by atoms with Crippen LogP contribution in [0.2, 0.25) is 0 Å². The summed E-state index contributed by atoms with van der Waals surface area (Å²) in [5, 5.41) is 13.4. The second kappa shape index (κ2) is 3.59. The van der Waals surface area contributed by atoms with E-state index in [4.69, 9.17) is 0 Å². The molecular formula is C3H8IN2O-. The Bertz CT molecular complexity index is 46.2. The summed E-state index contributed by atoms with van der Waals surface area (Å²) in [6, 6.07) is 0. The molecule has 0 spiro atoms. The molecule has 1 unspecified atom stereocenters. The zero-order chi connectivity index (χ0) is 4.41. The van der Waals surface area contributed by atoms with E-state index in [9.17, 15) is 5.21 Å². The molecule has 0 aromatic carbocycles. The molecule has 0 bridgehead atoms. The monoisotopic (exact) mass is 215 g/mol. The lowest BCUT2D eigenvalue weighted by Gasteiger charge is -2.10. The maximum absolute atomic E-state index is 10.2. The van der Waals surface area contributed by atoms with E-state index in [0.29, 0.717) is 11.7 Å². The first-order valence-corrected chi connectivity index (χ1v) is 2.12. The molecule has 0 amide bonds. The van der Waals surface area contributed by atoms with Crippen molar-refractivity contribution in [1.29, 1.82) is 0 Å². The van der Waals surface area contributed by atoms with Gasteiger partial charge in [0.05, 0.1) is 6.54 Å². The Morgan fingerprint density at radius 2 is 2.29 bits per heavy atom. The van der Waals surface area contributed by atoms with Crippen molar-refractivity contribution in [3.05, 3.63) is 5.21 Å². The van der Waals surface area contributed by atoms with Crippen molar-refractivity contribution in [2.45, 2.75) is 0 Å². The van der Waals surface area contributed by atoms with Gasteiger partial charge in [-0.3, -0.25) is 5.32 Å². The van der Waals surface area contributed by atoms with Crippen LogP contribution >= 0.6 is 0 Å². The Labute approximate surface area is 59.7 Å². The lowest BCUT2D eigenvalue weighted by molar-refractivity contribution is -0.834. The molecule has 1 heterocycles. The van der Waals surface area contributed by atoms with Crippen LogP contribution in [0, 0.1) is 5.21 Å². The molecule has 2 N–H and O–H groups in total. The van der Waals surface area contributed by atoms with E-state index in [1.54, 1.807) is 0 Å². The predicted octanol–water partition coefficient (Wildman–Crippen LogP) is -5.07. The van der Waals surface area contributed by atoms with Crippen LogP contribution in [0.4, 0.5) is 0 Å². The van der Waals surface area contributed by atoms with Crippen molar-refractivity contribution in [3.8, 4) is 0 Å². The number of halogens is 1. The van der Waals surface area contributed by atoms with Crippen molar-refractivity contribution in [2.24, 2.45) is 0 Å². The molecule has 1 rings (SSSR count). The zero-order valence-electron chi connectivity index (χ0n) is 3.91. The second-order valence-electron chi connectivity index (χ2n) is 1.47. The van der Waals surface area contributed by atoms with Gasteiger partial charge in [-0.15, -0.1) is 0 Å². The van der Waals surface area contributed by atoms with Crippen LogP contribution in [0.1, 0.15) is 0 Å². The summed E-state index contributed by atoms with van der Waals surface area (Å²) in [4.78, 5) is 0. The van der Waals surface area contributed by atoms with Gasteiger partial charge in [-0.05, 0) is 0 Å². The van der Waals surface area contributed by atoms with Crippen molar-refractivity contribution < 1.29 is 29.0 Å². The van der Waals surface area contributed by atoms with E-state index in [-0.39, 0.29) is 24.0 Å². The summed E-state index contributed by atoms with van der Waals surface area (Å²) >= 11 is 0. The fourth-order valence-corrected chi connectivity index (χ4v) is 0.544. The number of hydrogen-bond donors (Lipinski definition) is 2. The summed E-state index contributed by atoms with van der Waals surface area (Å²) in [6.45, 7) is 2.22. The van der Waals surface area contributed by atoms with Crippen LogP contribution in [-0.2, 0) is 0 Å². The SMILES string of the molecule is [I-].[O-][NH+]1CCNC1. The van der Waals surface area contributed by atoms with Crippen molar-refractivity contribution in [2.75, 3.05) is 19.8 Å². The maximum Gasteiger partial charge on any atom is 0.130 e. The van der Waals surface area contributed by atoms with Crippen LogP contribution < -0.4 is 34.4 Å². The molecule has 0 aromatic heterocycles. The molecule has 1 atom stereocenters. The number of hydrogen-bond acceptors (Lipinski definition) is 2. The molecule has 0 aliphatic carbocycles. The Kier molecular flexibility index (Phi) is 3.91. The summed E-state index contributed by atoms with van der Waals surface area (Å²) in [7, 11) is 0. The minimum Gasteiger partial charge on any atom is -1.00 e. The molecule has 0 saturated carbocycles. The van der Waals surface area contributed by atoms with Crippen LogP contribution in [-0.4, -0.2) is 19.8 Å². The number of nitrogens with one attached hydrogen (secondary N) is 2. The first-order chi connectivity index (χ1) is 2.89. The molecule has 4 heteroatoms. The van der Waals surface area contributed by atoms with Gasteiger partial charge in [-0.2, -0.15) is 0 Å². The molecule has 1 aliphatic rings. The standard InChI is InChI=1S/C3H8N2O.HI/c6-5-2-1-4-3-5;/h4-5H,1-3H2;1H/p-1. The average Bonchev–Trinajstić information content (AvgIpc) is 1.86. The highest BCUT2D eigenvalue weighted by Gasteiger charge is 2.02. The molecule has 1 aliphatic heterocycles. The molecule has 1 saturated heterocycles. The third kappa shape index (κ3) is 2.43. The minimum atomic E-state index is 0. The van der Waals surface area contributed by atoms with Gasteiger partial charge in [0.1, 0.15) is 6.67 Å². The summed E-state index contributed by atoms with van der Waals surface area (Å²) in [5.74, 6) is 0. The van der Waals surface area contributed by atoms with Gasteiger partial charge in [0.15, 0.2) is 0 Å². The quantitative estimate of drug-likeness (QED) is 0.313. The lowest BCUT2D eigenvalue weighted by Crippen LogP contribution is -3.05. The number of quaternary nitrogens is 1. The first-order valence-electron chi connectivity index (χ1n) is 2.12. The van der Waals surface area contributed by atoms with E-state index >= 15 is 0 Å². The predicted molar refractivity (Wildman–Crippen MR) is 22.1 cm³/mol. The summed E-state index contributed by atoms with van der Waals surface area (Å²) < 4.78 is 0. The van der Waals surface area contributed by atoms with Crippen molar-refractivity contribution >= 4 is 0 Å². The van der Waals surface area contributed by atoms with Crippen LogP contribution in [0.5, 0.6) is 0 Å². The largest absolute Gasteiger partial charge is 1.00 e. The Balaban J connectivity index is 0.000000360. The fourth-order valence-electron chi connectivity index (χ4n) is 0.544. The zero-order valence-corrected chi connectivity index (χ0v) is 6.07. The average molecular weight is 215 g/mol. The Morgan fingerprint density at radius 3 is 2.43 bits per heavy atom. The van der Waals surface area contributed by atoms with Gasteiger partial charge in [0.25, 0.3) is 0 Å².